The maximum Gasteiger partial charge on any atom is 0.260 e. The van der Waals surface area contributed by atoms with Gasteiger partial charge in [-0.25, -0.2) is 4.39 Å². The summed E-state index contributed by atoms with van der Waals surface area (Å²) < 4.78 is 17.7. The van der Waals surface area contributed by atoms with Gasteiger partial charge in [0.2, 0.25) is 0 Å². The number of amides is 1. The van der Waals surface area contributed by atoms with Crippen molar-refractivity contribution in [2.75, 3.05) is 11.1 Å². The monoisotopic (exact) mass is 235 g/mol. The number of aromatic nitrogens is 1. The first-order chi connectivity index (χ1) is 8.08. The molecule has 0 aliphatic rings. The number of nitrogens with two attached hydrogens (primary N) is 1. The molecular weight excluding hydrogens is 225 g/mol. The number of rotatable bonds is 2. The highest BCUT2D eigenvalue weighted by molar-refractivity contribution is 6.06. The molecule has 0 saturated carbocycles. The topological polar surface area (TPSA) is 81.2 Å². The molecule has 1 aromatic heterocycles. The zero-order chi connectivity index (χ0) is 12.4. The lowest BCUT2D eigenvalue weighted by molar-refractivity contribution is 0.102. The Morgan fingerprint density at radius 3 is 2.94 bits per heavy atom. The molecule has 0 aliphatic heterocycles. The summed E-state index contributed by atoms with van der Waals surface area (Å²) in [4.78, 5) is 11.8. The second-order valence-electron chi connectivity index (χ2n) is 3.48. The first-order valence-corrected chi connectivity index (χ1v) is 4.85. The fourth-order valence-corrected chi connectivity index (χ4v) is 1.34. The molecule has 17 heavy (non-hydrogen) atoms. The van der Waals surface area contributed by atoms with Crippen LogP contribution in [0.2, 0.25) is 0 Å². The van der Waals surface area contributed by atoms with Crippen molar-refractivity contribution >= 4 is 17.3 Å². The Bertz CT molecular complexity index is 566. The van der Waals surface area contributed by atoms with E-state index in [9.17, 15) is 9.18 Å². The van der Waals surface area contributed by atoms with Crippen molar-refractivity contribution in [1.29, 1.82) is 0 Å². The van der Waals surface area contributed by atoms with Gasteiger partial charge in [0.15, 0.2) is 0 Å². The Morgan fingerprint density at radius 2 is 2.29 bits per heavy atom. The molecule has 0 atom stereocenters. The molecule has 6 heteroatoms. The van der Waals surface area contributed by atoms with Crippen LogP contribution in [0.3, 0.4) is 0 Å². The van der Waals surface area contributed by atoms with Crippen LogP contribution >= 0.6 is 0 Å². The van der Waals surface area contributed by atoms with E-state index in [2.05, 4.69) is 10.5 Å². The number of nitrogen functional groups attached to an aromatic ring is 1. The standard InChI is InChI=1S/C11H10FN3O2/c1-6-8(5-14-17-6)11(16)15-10-4-7(12)2-3-9(10)13/h2-5H,13H2,1H3,(H,15,16). The molecule has 1 amide bonds. The maximum atomic E-state index is 13.0. The third-order valence-corrected chi connectivity index (χ3v) is 2.26. The molecule has 5 nitrogen and oxygen atoms in total. The van der Waals surface area contributed by atoms with Gasteiger partial charge in [-0.15, -0.1) is 0 Å². The number of benzene rings is 1. The Balaban J connectivity index is 2.24. The van der Waals surface area contributed by atoms with E-state index in [0.717, 1.165) is 6.07 Å². The predicted molar refractivity (Wildman–Crippen MR) is 60.0 cm³/mol. The third-order valence-electron chi connectivity index (χ3n) is 2.26. The summed E-state index contributed by atoms with van der Waals surface area (Å²) in [5.74, 6) is -0.532. The fraction of sp³-hybridized carbons (Fsp3) is 0.0909. The summed E-state index contributed by atoms with van der Waals surface area (Å²) in [5, 5.41) is 5.97. The van der Waals surface area contributed by atoms with Crippen molar-refractivity contribution < 1.29 is 13.7 Å². The van der Waals surface area contributed by atoms with Gasteiger partial charge >= 0.3 is 0 Å². The summed E-state index contributed by atoms with van der Waals surface area (Å²) in [5.41, 5.74) is 6.40. The van der Waals surface area contributed by atoms with Gasteiger partial charge in [0.1, 0.15) is 17.1 Å². The number of anilines is 2. The van der Waals surface area contributed by atoms with Crippen LogP contribution in [0.5, 0.6) is 0 Å². The van der Waals surface area contributed by atoms with Crippen molar-refractivity contribution in [3.05, 3.63) is 41.5 Å². The quantitative estimate of drug-likeness (QED) is 0.779. The number of aryl methyl sites for hydroxylation is 1. The summed E-state index contributed by atoms with van der Waals surface area (Å²) in [7, 11) is 0. The third kappa shape index (κ3) is 2.25. The lowest BCUT2D eigenvalue weighted by atomic mass is 10.2. The predicted octanol–water partition coefficient (Wildman–Crippen LogP) is 1.96. The Morgan fingerprint density at radius 1 is 1.53 bits per heavy atom. The summed E-state index contributed by atoms with van der Waals surface area (Å²) in [6, 6.07) is 3.75. The van der Waals surface area contributed by atoms with E-state index < -0.39 is 11.7 Å². The zero-order valence-corrected chi connectivity index (χ0v) is 9.03. The van der Waals surface area contributed by atoms with Crippen molar-refractivity contribution in [3.8, 4) is 0 Å². The van der Waals surface area contributed by atoms with Crippen LogP contribution in [0, 0.1) is 12.7 Å². The van der Waals surface area contributed by atoms with Gasteiger partial charge in [-0.05, 0) is 25.1 Å². The molecule has 0 spiro atoms. The van der Waals surface area contributed by atoms with E-state index >= 15 is 0 Å². The number of halogens is 1. The number of hydrogen-bond donors (Lipinski definition) is 2. The minimum atomic E-state index is -0.475. The Hall–Kier alpha value is -2.37. The highest BCUT2D eigenvalue weighted by atomic mass is 19.1. The molecule has 2 rings (SSSR count). The van der Waals surface area contributed by atoms with Gasteiger partial charge in [0.25, 0.3) is 5.91 Å². The number of carbonyl (C=O) groups is 1. The molecule has 88 valence electrons. The highest BCUT2D eigenvalue weighted by Crippen LogP contribution is 2.20. The number of nitrogens with one attached hydrogen (secondary N) is 1. The number of carbonyl (C=O) groups excluding carboxylic acids is 1. The van der Waals surface area contributed by atoms with Gasteiger partial charge in [0.05, 0.1) is 17.6 Å². The average Bonchev–Trinajstić information content (AvgIpc) is 2.70. The normalized spacial score (nSPS) is 10.2. The van der Waals surface area contributed by atoms with E-state index in [4.69, 9.17) is 10.3 Å². The molecule has 0 bridgehead atoms. The summed E-state index contributed by atoms with van der Waals surface area (Å²) >= 11 is 0. The Labute approximate surface area is 96.4 Å². The summed E-state index contributed by atoms with van der Waals surface area (Å²) in [6.07, 6.45) is 1.29. The lowest BCUT2D eigenvalue weighted by Gasteiger charge is -2.07. The van der Waals surface area contributed by atoms with Crippen LogP contribution in [0.25, 0.3) is 0 Å². The lowest BCUT2D eigenvalue weighted by Crippen LogP contribution is -2.13. The van der Waals surface area contributed by atoms with Crippen molar-refractivity contribution in [1.82, 2.24) is 5.16 Å². The largest absolute Gasteiger partial charge is 0.397 e. The smallest absolute Gasteiger partial charge is 0.260 e. The van der Waals surface area contributed by atoms with Gasteiger partial charge in [-0.1, -0.05) is 5.16 Å². The van der Waals surface area contributed by atoms with Crippen LogP contribution < -0.4 is 11.1 Å². The van der Waals surface area contributed by atoms with Crippen LogP contribution in [0.15, 0.2) is 28.9 Å². The van der Waals surface area contributed by atoms with E-state index in [1.807, 2.05) is 0 Å². The zero-order valence-electron chi connectivity index (χ0n) is 9.03. The molecule has 0 aliphatic carbocycles. The second kappa shape index (κ2) is 4.25. The van der Waals surface area contributed by atoms with E-state index in [1.54, 1.807) is 6.92 Å². The first kappa shape index (κ1) is 11.1. The highest BCUT2D eigenvalue weighted by Gasteiger charge is 2.14. The minimum Gasteiger partial charge on any atom is -0.397 e. The van der Waals surface area contributed by atoms with Crippen molar-refractivity contribution in [3.63, 3.8) is 0 Å². The van der Waals surface area contributed by atoms with Gasteiger partial charge in [-0.2, -0.15) is 0 Å². The number of hydrogen-bond acceptors (Lipinski definition) is 4. The maximum absolute atomic E-state index is 13.0. The Kier molecular flexibility index (Phi) is 2.78. The van der Waals surface area contributed by atoms with E-state index in [-0.39, 0.29) is 16.9 Å². The van der Waals surface area contributed by atoms with Crippen LogP contribution in [-0.2, 0) is 0 Å². The van der Waals surface area contributed by atoms with Gasteiger partial charge < -0.3 is 15.6 Å². The molecule has 3 N–H and O–H groups in total. The second-order valence-corrected chi connectivity index (χ2v) is 3.48. The van der Waals surface area contributed by atoms with E-state index in [1.165, 1.54) is 18.3 Å². The average molecular weight is 235 g/mol. The van der Waals surface area contributed by atoms with Gasteiger partial charge in [0, 0.05) is 0 Å². The van der Waals surface area contributed by atoms with Crippen LogP contribution in [0.1, 0.15) is 16.1 Å². The molecule has 0 radical (unpaired) electrons. The van der Waals surface area contributed by atoms with E-state index in [0.29, 0.717) is 5.76 Å². The van der Waals surface area contributed by atoms with Crippen molar-refractivity contribution in [2.24, 2.45) is 0 Å². The molecule has 0 fully saturated rings. The van der Waals surface area contributed by atoms with Crippen LogP contribution in [-0.4, -0.2) is 11.1 Å². The molecule has 2 aromatic rings. The first-order valence-electron chi connectivity index (χ1n) is 4.85. The summed E-state index contributed by atoms with van der Waals surface area (Å²) in [6.45, 7) is 1.61. The SMILES string of the molecule is Cc1oncc1C(=O)Nc1cc(F)ccc1N. The minimum absolute atomic E-state index is 0.218. The van der Waals surface area contributed by atoms with Gasteiger partial charge in [-0.3, -0.25) is 4.79 Å². The molecule has 1 aromatic carbocycles. The number of nitrogens with zero attached hydrogens (tertiary/aromatic N) is 1. The fourth-order valence-electron chi connectivity index (χ4n) is 1.34. The van der Waals surface area contributed by atoms with Crippen LogP contribution in [0.4, 0.5) is 15.8 Å². The molecular formula is C11H10FN3O2. The van der Waals surface area contributed by atoms with Crippen molar-refractivity contribution in [2.45, 2.75) is 6.92 Å². The molecule has 0 saturated heterocycles. The molecule has 0 unspecified atom stereocenters. The molecule has 1 heterocycles.